The Balaban J connectivity index is 2.14. The lowest BCUT2D eigenvalue weighted by atomic mass is 9.95. The molecule has 2 aromatic carbocycles. The SMILES string of the molecule is O=C1C(=O)N(CCO)[C@@H](c2ccc(F)cc2)C1=C(O)c1ccc([N+](=O)[O-])cc1. The highest BCUT2D eigenvalue weighted by Gasteiger charge is 2.45. The summed E-state index contributed by atoms with van der Waals surface area (Å²) in [6.45, 7) is -0.577. The van der Waals surface area contributed by atoms with E-state index in [-0.39, 0.29) is 23.4 Å². The number of benzene rings is 2. The summed E-state index contributed by atoms with van der Waals surface area (Å²) >= 11 is 0. The Morgan fingerprint density at radius 1 is 1.11 bits per heavy atom. The van der Waals surface area contributed by atoms with Gasteiger partial charge >= 0.3 is 0 Å². The zero-order chi connectivity index (χ0) is 20.4. The number of nitro groups is 1. The van der Waals surface area contributed by atoms with Crippen LogP contribution in [0.5, 0.6) is 0 Å². The van der Waals surface area contributed by atoms with E-state index in [2.05, 4.69) is 0 Å². The fourth-order valence-corrected chi connectivity index (χ4v) is 3.11. The number of hydrogen-bond acceptors (Lipinski definition) is 6. The summed E-state index contributed by atoms with van der Waals surface area (Å²) in [5.41, 5.74) is 0.0449. The fourth-order valence-electron chi connectivity index (χ4n) is 3.11. The lowest BCUT2D eigenvalue weighted by Crippen LogP contribution is -2.32. The lowest BCUT2D eigenvalue weighted by Gasteiger charge is -2.24. The molecular weight excluding hydrogens is 371 g/mol. The Labute approximate surface area is 158 Å². The second kappa shape index (κ2) is 7.57. The Morgan fingerprint density at radius 2 is 1.71 bits per heavy atom. The minimum atomic E-state index is -1.03. The smallest absolute Gasteiger partial charge is 0.295 e. The molecule has 0 spiro atoms. The first-order chi connectivity index (χ1) is 13.3. The largest absolute Gasteiger partial charge is 0.507 e. The standard InChI is InChI=1S/C19H15FN2O6/c20-13-5-1-11(2-6-13)16-15(18(25)19(26)21(16)9-10-23)17(24)12-3-7-14(8-4-12)22(27)28/h1-8,16,23-24H,9-10H2/t16-/m0/s1. The van der Waals surface area contributed by atoms with Crippen LogP contribution in [0.15, 0.2) is 54.1 Å². The van der Waals surface area contributed by atoms with Gasteiger partial charge in [0.25, 0.3) is 17.4 Å². The number of carbonyl (C=O) groups excluding carboxylic acids is 2. The van der Waals surface area contributed by atoms with Gasteiger partial charge in [-0.2, -0.15) is 0 Å². The third-order valence-corrected chi connectivity index (χ3v) is 4.42. The molecule has 28 heavy (non-hydrogen) atoms. The second-order valence-corrected chi connectivity index (χ2v) is 6.07. The van der Waals surface area contributed by atoms with Crippen molar-refractivity contribution in [1.82, 2.24) is 4.90 Å². The van der Waals surface area contributed by atoms with Crippen LogP contribution in [0.1, 0.15) is 17.2 Å². The number of β-amino-alcohol motifs (C(OH)–C–C–N with tert-alkyl or cyclic N) is 1. The summed E-state index contributed by atoms with van der Waals surface area (Å²) in [7, 11) is 0. The van der Waals surface area contributed by atoms with Crippen LogP contribution in [0.3, 0.4) is 0 Å². The number of Topliss-reactive ketones (excluding diaryl/α,β-unsaturated/α-hetero) is 1. The van der Waals surface area contributed by atoms with Gasteiger partial charge in [0, 0.05) is 24.2 Å². The molecule has 0 bridgehead atoms. The van der Waals surface area contributed by atoms with Gasteiger partial charge in [0.2, 0.25) is 0 Å². The Hall–Kier alpha value is -3.59. The summed E-state index contributed by atoms with van der Waals surface area (Å²) < 4.78 is 13.3. The molecule has 0 saturated carbocycles. The van der Waals surface area contributed by atoms with E-state index in [1.54, 1.807) is 0 Å². The molecule has 1 saturated heterocycles. The molecule has 1 aliphatic rings. The molecule has 2 aromatic rings. The van der Waals surface area contributed by atoms with Crippen LogP contribution in [0, 0.1) is 15.9 Å². The number of amides is 1. The van der Waals surface area contributed by atoms with Crippen molar-refractivity contribution in [1.29, 1.82) is 0 Å². The Bertz CT molecular complexity index is 969. The first-order valence-corrected chi connectivity index (χ1v) is 8.24. The predicted octanol–water partition coefficient (Wildman–Crippen LogP) is 2.15. The van der Waals surface area contributed by atoms with E-state index < -0.39 is 40.8 Å². The van der Waals surface area contributed by atoms with Gasteiger partial charge < -0.3 is 15.1 Å². The molecule has 0 aromatic heterocycles. The van der Waals surface area contributed by atoms with E-state index in [1.807, 2.05) is 0 Å². The van der Waals surface area contributed by atoms with E-state index in [0.29, 0.717) is 5.56 Å². The molecule has 1 amide bonds. The maximum atomic E-state index is 13.3. The molecule has 2 N–H and O–H groups in total. The van der Waals surface area contributed by atoms with Crippen LogP contribution < -0.4 is 0 Å². The number of likely N-dealkylation sites (tertiary alicyclic amines) is 1. The lowest BCUT2D eigenvalue weighted by molar-refractivity contribution is -0.384. The molecule has 0 radical (unpaired) electrons. The summed E-state index contributed by atoms with van der Waals surface area (Å²) in [6, 6.07) is 8.86. The number of nitro benzene ring substituents is 1. The molecule has 0 unspecified atom stereocenters. The number of hydrogen-bond donors (Lipinski definition) is 2. The van der Waals surface area contributed by atoms with Crippen molar-refractivity contribution >= 4 is 23.1 Å². The van der Waals surface area contributed by atoms with E-state index >= 15 is 0 Å². The zero-order valence-corrected chi connectivity index (χ0v) is 14.4. The monoisotopic (exact) mass is 386 g/mol. The molecule has 1 heterocycles. The molecule has 144 valence electrons. The normalized spacial score (nSPS) is 18.5. The molecule has 1 aliphatic heterocycles. The van der Waals surface area contributed by atoms with Gasteiger partial charge in [0.15, 0.2) is 0 Å². The highest BCUT2D eigenvalue weighted by molar-refractivity contribution is 6.46. The summed E-state index contributed by atoms with van der Waals surface area (Å²) in [4.78, 5) is 36.2. The Morgan fingerprint density at radius 3 is 2.25 bits per heavy atom. The number of aliphatic hydroxyl groups is 2. The fraction of sp³-hybridized carbons (Fsp3) is 0.158. The van der Waals surface area contributed by atoms with Crippen LogP contribution in [-0.2, 0) is 9.59 Å². The average molecular weight is 386 g/mol. The maximum Gasteiger partial charge on any atom is 0.295 e. The van der Waals surface area contributed by atoms with Gasteiger partial charge in [0.1, 0.15) is 11.6 Å². The number of aliphatic hydroxyl groups excluding tert-OH is 2. The van der Waals surface area contributed by atoms with E-state index in [4.69, 9.17) is 0 Å². The van der Waals surface area contributed by atoms with Gasteiger partial charge in [-0.15, -0.1) is 0 Å². The van der Waals surface area contributed by atoms with Crippen LogP contribution in [-0.4, -0.2) is 44.9 Å². The molecule has 0 aliphatic carbocycles. The molecule has 8 nitrogen and oxygen atoms in total. The van der Waals surface area contributed by atoms with E-state index in [1.165, 1.54) is 24.3 Å². The van der Waals surface area contributed by atoms with Crippen LogP contribution in [0.2, 0.25) is 0 Å². The quantitative estimate of drug-likeness (QED) is 0.267. The van der Waals surface area contributed by atoms with Crippen molar-refractivity contribution < 1.29 is 29.1 Å². The second-order valence-electron chi connectivity index (χ2n) is 6.07. The third-order valence-electron chi connectivity index (χ3n) is 4.42. The highest BCUT2D eigenvalue weighted by atomic mass is 19.1. The first kappa shape index (κ1) is 19.2. The third kappa shape index (κ3) is 3.35. The van der Waals surface area contributed by atoms with E-state index in [9.17, 15) is 34.3 Å². The zero-order valence-electron chi connectivity index (χ0n) is 14.4. The number of nitrogens with zero attached hydrogens (tertiary/aromatic N) is 2. The minimum Gasteiger partial charge on any atom is -0.507 e. The average Bonchev–Trinajstić information content (AvgIpc) is 2.93. The number of non-ortho nitro benzene ring substituents is 1. The number of halogens is 1. The summed E-state index contributed by atoms with van der Waals surface area (Å²) in [5.74, 6) is -2.90. The van der Waals surface area contributed by atoms with Crippen molar-refractivity contribution in [2.24, 2.45) is 0 Å². The van der Waals surface area contributed by atoms with Crippen molar-refractivity contribution in [3.63, 3.8) is 0 Å². The van der Waals surface area contributed by atoms with Gasteiger partial charge in [-0.05, 0) is 29.8 Å². The van der Waals surface area contributed by atoms with Gasteiger partial charge in [-0.1, -0.05) is 12.1 Å². The molecular formula is C19H15FN2O6. The highest BCUT2D eigenvalue weighted by Crippen LogP contribution is 2.39. The summed E-state index contributed by atoms with van der Waals surface area (Å²) in [6.07, 6.45) is 0. The van der Waals surface area contributed by atoms with Gasteiger partial charge in [0.05, 0.1) is 23.1 Å². The number of rotatable bonds is 5. The van der Waals surface area contributed by atoms with Crippen LogP contribution >= 0.6 is 0 Å². The summed E-state index contributed by atoms with van der Waals surface area (Å²) in [5, 5.41) is 30.7. The van der Waals surface area contributed by atoms with Crippen molar-refractivity contribution in [2.45, 2.75) is 6.04 Å². The molecule has 3 rings (SSSR count). The Kier molecular flexibility index (Phi) is 5.18. The maximum absolute atomic E-state index is 13.3. The topological polar surface area (TPSA) is 121 Å². The van der Waals surface area contributed by atoms with Crippen molar-refractivity contribution in [2.75, 3.05) is 13.2 Å². The van der Waals surface area contributed by atoms with E-state index in [0.717, 1.165) is 29.2 Å². The van der Waals surface area contributed by atoms with Crippen LogP contribution in [0.25, 0.3) is 5.76 Å². The van der Waals surface area contributed by atoms with Crippen LogP contribution in [0.4, 0.5) is 10.1 Å². The van der Waals surface area contributed by atoms with Gasteiger partial charge in [-0.3, -0.25) is 19.7 Å². The molecule has 9 heteroatoms. The number of ketones is 1. The first-order valence-electron chi connectivity index (χ1n) is 8.24. The van der Waals surface area contributed by atoms with Gasteiger partial charge in [-0.25, -0.2) is 4.39 Å². The molecule has 1 atom stereocenters. The number of carbonyl (C=O) groups is 2. The molecule has 1 fully saturated rings. The predicted molar refractivity (Wildman–Crippen MR) is 95.6 cm³/mol. The van der Waals surface area contributed by atoms with Crippen molar-refractivity contribution in [3.05, 3.63) is 81.2 Å². The minimum absolute atomic E-state index is 0.111. The van der Waals surface area contributed by atoms with Crippen molar-refractivity contribution in [3.8, 4) is 0 Å².